The van der Waals surface area contributed by atoms with Crippen LogP contribution in [0.3, 0.4) is 0 Å². The summed E-state index contributed by atoms with van der Waals surface area (Å²) in [6, 6.07) is 0. The minimum atomic E-state index is -1.03. The molecule has 164 valence electrons. The van der Waals surface area contributed by atoms with Gasteiger partial charge in [-0.1, -0.05) is 33.1 Å². The van der Waals surface area contributed by atoms with Gasteiger partial charge in [-0.2, -0.15) is 16.8 Å². The third-order valence-electron chi connectivity index (χ3n) is 4.65. The first kappa shape index (κ1) is 27.2. The van der Waals surface area contributed by atoms with Crippen LogP contribution in [0.2, 0.25) is 0 Å². The molecule has 0 aliphatic rings. The zero-order valence-electron chi connectivity index (χ0n) is 17.7. The molecule has 2 amide bonds. The number of carbonyl (C=O) groups is 2. The Labute approximate surface area is 178 Å². The molecule has 0 aliphatic carbocycles. The van der Waals surface area contributed by atoms with Gasteiger partial charge in [-0.15, -0.1) is 0 Å². The second-order valence-electron chi connectivity index (χ2n) is 8.14. The maximum atomic E-state index is 12.1. The topological polar surface area (TPSA) is 120 Å². The summed E-state index contributed by atoms with van der Waals surface area (Å²) in [6.07, 6.45) is 4.53. The molecule has 0 aromatic carbocycles. The Hall–Kier alpha value is -1.78. The zero-order chi connectivity index (χ0) is 22.5. The number of carbonyl (C=O) groups excluding carboxylic acids is 2. The van der Waals surface area contributed by atoms with Crippen molar-refractivity contribution in [3.63, 3.8) is 0 Å². The lowest BCUT2D eigenvalue weighted by molar-refractivity contribution is -0.129. The van der Waals surface area contributed by atoms with Gasteiger partial charge in [-0.3, -0.25) is 23.3 Å². The molecule has 0 radical (unpaired) electrons. The fourth-order valence-corrected chi connectivity index (χ4v) is 5.04. The smallest absolute Gasteiger partial charge is 0.273 e. The summed E-state index contributed by atoms with van der Waals surface area (Å²) in [4.78, 5) is 26.3. The highest BCUT2D eigenvalue weighted by Crippen LogP contribution is 2.23. The van der Waals surface area contributed by atoms with E-state index in [2.05, 4.69) is 15.7 Å². The summed E-state index contributed by atoms with van der Waals surface area (Å²) < 4.78 is 24.2. The molecule has 29 heavy (non-hydrogen) atoms. The fraction of sp³-hybridized carbons (Fsp3) is 0.789. The highest BCUT2D eigenvalue weighted by molar-refractivity contribution is 7.85. The van der Waals surface area contributed by atoms with Crippen LogP contribution in [0.1, 0.15) is 59.8 Å². The number of hydrogen-bond donors (Lipinski definition) is 2. The number of nitrogens with one attached hydrogen (secondary N) is 2. The van der Waals surface area contributed by atoms with Gasteiger partial charge in [0.15, 0.2) is 6.19 Å². The lowest BCUT2D eigenvalue weighted by Crippen LogP contribution is -2.34. The Morgan fingerprint density at radius 3 is 1.72 bits per heavy atom. The Morgan fingerprint density at radius 1 is 0.897 bits per heavy atom. The second-order valence-corrected chi connectivity index (χ2v) is 11.5. The van der Waals surface area contributed by atoms with Crippen molar-refractivity contribution in [3.05, 3.63) is 11.5 Å². The summed E-state index contributed by atoms with van der Waals surface area (Å²) in [5, 5.41) is 10.6. The van der Waals surface area contributed by atoms with E-state index in [-0.39, 0.29) is 11.8 Å². The minimum absolute atomic E-state index is 0.332. The van der Waals surface area contributed by atoms with Crippen LogP contribution in [-0.2, 0) is 31.2 Å². The second kappa shape index (κ2) is 13.4. The summed E-state index contributed by atoms with van der Waals surface area (Å²) in [6.45, 7) is 13.7. The van der Waals surface area contributed by atoms with E-state index in [0.29, 0.717) is 55.1 Å². The van der Waals surface area contributed by atoms with Gasteiger partial charge in [0.05, 0.1) is 5.41 Å². The highest BCUT2D eigenvalue weighted by Gasteiger charge is 2.29. The molecule has 0 spiro atoms. The van der Waals surface area contributed by atoms with E-state index in [4.69, 9.17) is 11.8 Å². The summed E-state index contributed by atoms with van der Waals surface area (Å²) in [5.74, 6) is 1.22. The molecule has 0 aromatic rings. The quantitative estimate of drug-likeness (QED) is 0.184. The minimum Gasteiger partial charge on any atom is -0.273 e. The number of hydrogen-bond acceptors (Lipinski definition) is 5. The SMILES string of the molecule is [C-]#[N+]NC(=O)C(C)(C)CCCS(=O)CCCS(=O)CCCC(C)(C)C(=O)NC#N. The molecule has 0 saturated heterocycles. The van der Waals surface area contributed by atoms with Crippen LogP contribution >= 0.6 is 0 Å². The van der Waals surface area contributed by atoms with Crippen LogP contribution < -0.4 is 10.7 Å². The molecule has 2 N–H and O–H groups in total. The van der Waals surface area contributed by atoms with Crippen LogP contribution in [0.15, 0.2) is 0 Å². The average molecular weight is 445 g/mol. The molecular formula is C19H32N4O4S2. The van der Waals surface area contributed by atoms with Crippen LogP contribution in [-0.4, -0.2) is 43.2 Å². The van der Waals surface area contributed by atoms with Crippen molar-refractivity contribution in [2.45, 2.75) is 59.8 Å². The van der Waals surface area contributed by atoms with Crippen molar-refractivity contribution >= 4 is 33.4 Å². The molecule has 0 fully saturated rings. The lowest BCUT2D eigenvalue weighted by Gasteiger charge is -2.21. The van der Waals surface area contributed by atoms with Crippen LogP contribution in [0.5, 0.6) is 0 Å². The molecule has 0 rings (SSSR count). The third kappa shape index (κ3) is 11.7. The van der Waals surface area contributed by atoms with Crippen molar-refractivity contribution in [1.29, 1.82) is 5.26 Å². The van der Waals surface area contributed by atoms with Gasteiger partial charge in [0.2, 0.25) is 5.91 Å². The molecule has 2 unspecified atom stereocenters. The highest BCUT2D eigenvalue weighted by atomic mass is 32.2. The monoisotopic (exact) mass is 444 g/mol. The average Bonchev–Trinajstić information content (AvgIpc) is 2.61. The van der Waals surface area contributed by atoms with E-state index in [1.165, 1.54) is 0 Å². The lowest BCUT2D eigenvalue weighted by atomic mass is 9.87. The first-order valence-corrected chi connectivity index (χ1v) is 12.5. The van der Waals surface area contributed by atoms with Gasteiger partial charge in [-0.25, -0.2) is 0 Å². The van der Waals surface area contributed by atoms with Crippen molar-refractivity contribution in [2.24, 2.45) is 10.8 Å². The van der Waals surface area contributed by atoms with Crippen molar-refractivity contribution in [3.8, 4) is 6.19 Å². The van der Waals surface area contributed by atoms with E-state index in [1.54, 1.807) is 33.9 Å². The Kier molecular flexibility index (Phi) is 12.6. The number of nitriles is 1. The number of nitrogens with zero attached hydrogens (tertiary/aromatic N) is 2. The molecular weight excluding hydrogens is 412 g/mol. The van der Waals surface area contributed by atoms with E-state index < -0.39 is 32.4 Å². The van der Waals surface area contributed by atoms with Gasteiger partial charge in [-0.05, 0) is 32.1 Å². The van der Waals surface area contributed by atoms with Crippen molar-refractivity contribution in [2.75, 3.05) is 23.0 Å². The van der Waals surface area contributed by atoms with Crippen molar-refractivity contribution in [1.82, 2.24) is 10.7 Å². The normalized spacial score (nSPS) is 13.6. The van der Waals surface area contributed by atoms with E-state index in [0.717, 1.165) is 0 Å². The molecule has 0 bridgehead atoms. The van der Waals surface area contributed by atoms with E-state index in [9.17, 15) is 18.0 Å². The predicted octanol–water partition coefficient (Wildman–Crippen LogP) is 2.03. The van der Waals surface area contributed by atoms with Crippen LogP contribution in [0.25, 0.3) is 4.95 Å². The molecule has 0 heterocycles. The molecule has 10 heteroatoms. The largest absolute Gasteiger partial charge is 0.293 e. The number of amides is 2. The fourth-order valence-electron chi connectivity index (χ4n) is 2.58. The van der Waals surface area contributed by atoms with Crippen LogP contribution in [0, 0.1) is 28.9 Å². The Morgan fingerprint density at radius 2 is 1.31 bits per heavy atom. The molecule has 0 aromatic heterocycles. The molecule has 8 nitrogen and oxygen atoms in total. The van der Waals surface area contributed by atoms with Gasteiger partial charge in [0, 0.05) is 50.0 Å². The van der Waals surface area contributed by atoms with E-state index >= 15 is 0 Å². The maximum absolute atomic E-state index is 12.1. The van der Waals surface area contributed by atoms with Gasteiger partial charge in [0.1, 0.15) is 0 Å². The molecule has 0 saturated carbocycles. The standard InChI is InChI=1S/C19H32N4O4S2/c1-18(2,16(24)22-15-20)9-6-11-28(26)13-8-14-29(27)12-7-10-19(3,4)17(25)23-21-5/h6-14H2,1-4H3,(H,22,24)(H,23,25). The van der Waals surface area contributed by atoms with Gasteiger partial charge < -0.3 is 0 Å². The predicted molar refractivity (Wildman–Crippen MR) is 115 cm³/mol. The maximum Gasteiger partial charge on any atom is 0.293 e. The number of rotatable bonds is 14. The molecule has 0 aliphatic heterocycles. The molecule has 2 atom stereocenters. The van der Waals surface area contributed by atoms with Gasteiger partial charge >= 0.3 is 0 Å². The Balaban J connectivity index is 4.01. The first-order valence-electron chi connectivity index (χ1n) is 9.52. The van der Waals surface area contributed by atoms with E-state index in [1.807, 2.05) is 0 Å². The third-order valence-corrected chi connectivity index (χ3v) is 7.62. The Bertz CT molecular complexity index is 635. The summed E-state index contributed by atoms with van der Waals surface area (Å²) in [5.41, 5.74) is 0.764. The van der Waals surface area contributed by atoms with Crippen molar-refractivity contribution < 1.29 is 18.0 Å². The van der Waals surface area contributed by atoms with Gasteiger partial charge in [0.25, 0.3) is 5.91 Å². The first-order chi connectivity index (χ1) is 13.5. The summed E-state index contributed by atoms with van der Waals surface area (Å²) in [7, 11) is -2.06. The zero-order valence-corrected chi connectivity index (χ0v) is 19.3. The van der Waals surface area contributed by atoms with Crippen LogP contribution in [0.4, 0.5) is 0 Å². The summed E-state index contributed by atoms with van der Waals surface area (Å²) >= 11 is 0.